The van der Waals surface area contributed by atoms with E-state index in [1.54, 1.807) is 0 Å². The van der Waals surface area contributed by atoms with E-state index in [2.05, 4.69) is 15.5 Å². The van der Waals surface area contributed by atoms with Crippen molar-refractivity contribution in [1.29, 1.82) is 0 Å². The van der Waals surface area contributed by atoms with Gasteiger partial charge in [-0.1, -0.05) is 18.2 Å². The van der Waals surface area contributed by atoms with Gasteiger partial charge in [0.25, 0.3) is 0 Å². The van der Waals surface area contributed by atoms with Crippen molar-refractivity contribution >= 4 is 0 Å². The van der Waals surface area contributed by atoms with E-state index in [9.17, 15) is 0 Å². The second-order valence-corrected chi connectivity index (χ2v) is 3.90. The summed E-state index contributed by atoms with van der Waals surface area (Å²) >= 11 is 0. The van der Waals surface area contributed by atoms with Gasteiger partial charge in [0.05, 0.1) is 5.69 Å². The number of benzene rings is 1. The molecule has 2 rings (SSSR count). The first-order valence-electron chi connectivity index (χ1n) is 6.16. The molecule has 0 aliphatic rings. The van der Waals surface area contributed by atoms with Crippen molar-refractivity contribution in [3.8, 4) is 11.6 Å². The SMILES string of the molecule is CNCc1ccc(OCCOc2ccccc2)nn1. The molecule has 0 aliphatic carbocycles. The molecule has 0 bridgehead atoms. The van der Waals surface area contributed by atoms with Crippen LogP contribution in [-0.4, -0.2) is 30.5 Å². The third-order valence-corrected chi connectivity index (χ3v) is 2.40. The Balaban J connectivity index is 1.70. The summed E-state index contributed by atoms with van der Waals surface area (Å²) in [6, 6.07) is 13.3. The van der Waals surface area contributed by atoms with Crippen LogP contribution in [0.2, 0.25) is 0 Å². The van der Waals surface area contributed by atoms with Crippen molar-refractivity contribution in [2.45, 2.75) is 6.54 Å². The van der Waals surface area contributed by atoms with Gasteiger partial charge in [-0.3, -0.25) is 0 Å². The van der Waals surface area contributed by atoms with Crippen LogP contribution in [0.15, 0.2) is 42.5 Å². The van der Waals surface area contributed by atoms with Gasteiger partial charge in [-0.2, -0.15) is 5.10 Å². The van der Waals surface area contributed by atoms with Gasteiger partial charge >= 0.3 is 0 Å². The zero-order valence-electron chi connectivity index (χ0n) is 10.9. The molecule has 2 aromatic rings. The summed E-state index contributed by atoms with van der Waals surface area (Å²) in [7, 11) is 1.87. The number of hydrogen-bond acceptors (Lipinski definition) is 5. The molecule has 0 radical (unpaired) electrons. The second-order valence-electron chi connectivity index (χ2n) is 3.90. The lowest BCUT2D eigenvalue weighted by Crippen LogP contribution is -2.11. The summed E-state index contributed by atoms with van der Waals surface area (Å²) in [5.41, 5.74) is 0.885. The smallest absolute Gasteiger partial charge is 0.233 e. The van der Waals surface area contributed by atoms with Gasteiger partial charge in [0, 0.05) is 12.6 Å². The molecule has 0 atom stereocenters. The molecule has 0 fully saturated rings. The van der Waals surface area contributed by atoms with Gasteiger partial charge < -0.3 is 14.8 Å². The number of rotatable bonds is 7. The molecule has 0 aliphatic heterocycles. The van der Waals surface area contributed by atoms with Crippen molar-refractivity contribution in [3.05, 3.63) is 48.2 Å². The molecule has 0 saturated carbocycles. The first-order valence-corrected chi connectivity index (χ1v) is 6.16. The highest BCUT2D eigenvalue weighted by Crippen LogP contribution is 2.08. The highest BCUT2D eigenvalue weighted by Gasteiger charge is 1.98. The number of aromatic nitrogens is 2. The Hall–Kier alpha value is -2.14. The van der Waals surface area contributed by atoms with Crippen LogP contribution < -0.4 is 14.8 Å². The fraction of sp³-hybridized carbons (Fsp3) is 0.286. The van der Waals surface area contributed by atoms with Crippen LogP contribution in [0.25, 0.3) is 0 Å². The fourth-order valence-corrected chi connectivity index (χ4v) is 1.52. The number of hydrogen-bond donors (Lipinski definition) is 1. The zero-order valence-corrected chi connectivity index (χ0v) is 10.9. The fourth-order valence-electron chi connectivity index (χ4n) is 1.52. The minimum absolute atomic E-state index is 0.439. The minimum Gasteiger partial charge on any atom is -0.490 e. The highest BCUT2D eigenvalue weighted by molar-refractivity contribution is 5.20. The van der Waals surface area contributed by atoms with Gasteiger partial charge in [0.2, 0.25) is 5.88 Å². The van der Waals surface area contributed by atoms with Crippen molar-refractivity contribution in [2.24, 2.45) is 0 Å². The molecule has 19 heavy (non-hydrogen) atoms. The Morgan fingerprint density at radius 1 is 0.947 bits per heavy atom. The van der Waals surface area contributed by atoms with Crippen LogP contribution in [0.3, 0.4) is 0 Å². The van der Waals surface area contributed by atoms with Gasteiger partial charge in [-0.25, -0.2) is 0 Å². The van der Waals surface area contributed by atoms with Crippen LogP contribution in [0, 0.1) is 0 Å². The standard InChI is InChI=1S/C14H17N3O2/c1-15-11-12-7-8-14(17-16-12)19-10-9-18-13-5-3-2-4-6-13/h2-8,15H,9-11H2,1H3. The van der Waals surface area contributed by atoms with Crippen LogP contribution >= 0.6 is 0 Å². The summed E-state index contributed by atoms with van der Waals surface area (Å²) in [6.45, 7) is 1.61. The number of nitrogens with zero attached hydrogens (tertiary/aromatic N) is 2. The number of nitrogens with one attached hydrogen (secondary N) is 1. The Morgan fingerprint density at radius 3 is 2.42 bits per heavy atom. The Kier molecular flexibility index (Phi) is 5.13. The Bertz CT molecular complexity index is 474. The molecule has 5 heteroatoms. The molecule has 0 unspecified atom stereocenters. The molecule has 1 heterocycles. The topological polar surface area (TPSA) is 56.3 Å². The lowest BCUT2D eigenvalue weighted by atomic mass is 10.3. The van der Waals surface area contributed by atoms with Gasteiger partial charge in [0.15, 0.2) is 0 Å². The number of ether oxygens (including phenoxy) is 2. The second kappa shape index (κ2) is 7.33. The van der Waals surface area contributed by atoms with E-state index in [4.69, 9.17) is 9.47 Å². The monoisotopic (exact) mass is 259 g/mol. The predicted molar refractivity (Wildman–Crippen MR) is 72.2 cm³/mol. The Morgan fingerprint density at radius 2 is 1.74 bits per heavy atom. The van der Waals surface area contributed by atoms with Crippen molar-refractivity contribution in [2.75, 3.05) is 20.3 Å². The molecule has 1 aromatic carbocycles. The third kappa shape index (κ3) is 4.56. The van der Waals surface area contributed by atoms with Gasteiger partial charge in [0.1, 0.15) is 19.0 Å². The molecule has 1 N–H and O–H groups in total. The van der Waals surface area contributed by atoms with Crippen molar-refractivity contribution < 1.29 is 9.47 Å². The quantitative estimate of drug-likeness (QED) is 0.766. The van der Waals surface area contributed by atoms with E-state index in [-0.39, 0.29) is 0 Å². The molecule has 100 valence electrons. The van der Waals surface area contributed by atoms with Gasteiger partial charge in [-0.15, -0.1) is 5.10 Å². The molecule has 5 nitrogen and oxygen atoms in total. The van der Waals surface area contributed by atoms with Gasteiger partial charge in [-0.05, 0) is 25.2 Å². The van der Waals surface area contributed by atoms with Crippen LogP contribution in [0.5, 0.6) is 11.6 Å². The van der Waals surface area contributed by atoms with Crippen LogP contribution in [0.1, 0.15) is 5.69 Å². The van der Waals surface area contributed by atoms with E-state index in [0.717, 1.165) is 11.4 Å². The third-order valence-electron chi connectivity index (χ3n) is 2.40. The number of para-hydroxylation sites is 1. The lowest BCUT2D eigenvalue weighted by molar-refractivity contribution is 0.210. The normalized spacial score (nSPS) is 10.2. The average molecular weight is 259 g/mol. The van der Waals surface area contributed by atoms with Crippen molar-refractivity contribution in [1.82, 2.24) is 15.5 Å². The molecule has 0 amide bonds. The summed E-state index contributed by atoms with van der Waals surface area (Å²) < 4.78 is 10.9. The summed E-state index contributed by atoms with van der Waals surface area (Å²) in [5, 5.41) is 11.0. The molecule has 1 aromatic heterocycles. The maximum Gasteiger partial charge on any atom is 0.233 e. The highest BCUT2D eigenvalue weighted by atomic mass is 16.5. The van der Waals surface area contributed by atoms with E-state index in [1.807, 2.05) is 49.5 Å². The Labute approximate surface area is 112 Å². The predicted octanol–water partition coefficient (Wildman–Crippen LogP) is 1.65. The van der Waals surface area contributed by atoms with Crippen LogP contribution in [-0.2, 0) is 6.54 Å². The maximum atomic E-state index is 5.51. The first kappa shape index (κ1) is 13.3. The lowest BCUT2D eigenvalue weighted by Gasteiger charge is -2.07. The van der Waals surface area contributed by atoms with E-state index >= 15 is 0 Å². The average Bonchev–Trinajstić information content (AvgIpc) is 2.47. The van der Waals surface area contributed by atoms with E-state index in [1.165, 1.54) is 0 Å². The van der Waals surface area contributed by atoms with E-state index < -0.39 is 0 Å². The largest absolute Gasteiger partial charge is 0.490 e. The maximum absolute atomic E-state index is 5.51. The van der Waals surface area contributed by atoms with Crippen molar-refractivity contribution in [3.63, 3.8) is 0 Å². The molecule has 0 saturated heterocycles. The minimum atomic E-state index is 0.439. The summed E-state index contributed by atoms with van der Waals surface area (Å²) in [4.78, 5) is 0. The summed E-state index contributed by atoms with van der Waals surface area (Å²) in [6.07, 6.45) is 0. The molecule has 0 spiro atoms. The zero-order chi connectivity index (χ0) is 13.3. The van der Waals surface area contributed by atoms with E-state index in [0.29, 0.717) is 25.6 Å². The first-order chi connectivity index (χ1) is 9.38. The molecular weight excluding hydrogens is 242 g/mol. The summed E-state index contributed by atoms with van der Waals surface area (Å²) in [5.74, 6) is 1.35. The molecular formula is C14H17N3O2. The van der Waals surface area contributed by atoms with Crippen LogP contribution in [0.4, 0.5) is 0 Å².